The summed E-state index contributed by atoms with van der Waals surface area (Å²) in [6.07, 6.45) is 0.0358. The molecule has 1 aromatic rings. The Hall–Kier alpha value is -1.59. The molecule has 0 aliphatic heterocycles. The molecule has 1 atom stereocenters. The lowest BCUT2D eigenvalue weighted by Crippen LogP contribution is -2.28. The van der Waals surface area contributed by atoms with Crippen molar-refractivity contribution in [1.29, 1.82) is 0 Å². The van der Waals surface area contributed by atoms with Gasteiger partial charge in [-0.3, -0.25) is 4.79 Å². The zero-order valence-electron chi connectivity index (χ0n) is 11.1. The Morgan fingerprint density at radius 3 is 2.44 bits per heavy atom. The van der Waals surface area contributed by atoms with Crippen molar-refractivity contribution in [1.82, 2.24) is 0 Å². The smallest absolute Gasteiger partial charge is 0.227 e. The minimum Gasteiger partial charge on any atom is -0.380 e. The highest BCUT2D eigenvalue weighted by Crippen LogP contribution is 2.15. The highest BCUT2D eigenvalue weighted by atomic mass is 16.5. The Kier molecular flexibility index (Phi) is 5.61. The first-order valence-electron chi connectivity index (χ1n) is 5.87. The van der Waals surface area contributed by atoms with Crippen LogP contribution in [0.1, 0.15) is 6.42 Å². The van der Waals surface area contributed by atoms with Crippen LogP contribution in [0.25, 0.3) is 0 Å². The van der Waals surface area contributed by atoms with E-state index in [1.54, 1.807) is 7.11 Å². The van der Waals surface area contributed by atoms with Crippen molar-refractivity contribution in [2.75, 3.05) is 38.0 Å². The molecule has 0 fully saturated rings. The monoisotopic (exact) mass is 251 g/mol. The molecule has 0 heterocycles. The maximum Gasteiger partial charge on any atom is 0.227 e. The van der Waals surface area contributed by atoms with E-state index in [-0.39, 0.29) is 18.4 Å². The zero-order chi connectivity index (χ0) is 13.5. The number of carbonyl (C=O) groups excluding carboxylic acids is 1. The first kappa shape index (κ1) is 14.5. The van der Waals surface area contributed by atoms with E-state index in [2.05, 4.69) is 5.32 Å². The van der Waals surface area contributed by atoms with E-state index in [0.29, 0.717) is 6.54 Å². The molecule has 18 heavy (non-hydrogen) atoms. The van der Waals surface area contributed by atoms with Crippen LogP contribution >= 0.6 is 0 Å². The average Bonchev–Trinajstić information content (AvgIpc) is 2.36. The number of amides is 1. The highest BCUT2D eigenvalue weighted by molar-refractivity contribution is 5.91. The maximum absolute atomic E-state index is 11.7. The zero-order valence-corrected chi connectivity index (χ0v) is 11.1. The predicted molar refractivity (Wildman–Crippen MR) is 73.9 cm³/mol. The maximum atomic E-state index is 11.7. The van der Waals surface area contributed by atoms with Crippen molar-refractivity contribution in [2.24, 2.45) is 5.73 Å². The Bertz CT molecular complexity index is 372. The summed E-state index contributed by atoms with van der Waals surface area (Å²) in [5, 5.41) is 2.81. The lowest BCUT2D eigenvalue weighted by molar-refractivity contribution is -0.118. The van der Waals surface area contributed by atoms with Crippen LogP contribution < -0.4 is 16.0 Å². The molecule has 0 aliphatic carbocycles. The molecule has 1 unspecified atom stereocenters. The number of hydrogen-bond donors (Lipinski definition) is 2. The van der Waals surface area contributed by atoms with Crippen molar-refractivity contribution < 1.29 is 9.53 Å². The summed E-state index contributed by atoms with van der Waals surface area (Å²) in [6.45, 7) is 0.337. The summed E-state index contributed by atoms with van der Waals surface area (Å²) in [6, 6.07) is 7.65. The summed E-state index contributed by atoms with van der Waals surface area (Å²) in [7, 11) is 5.49. The van der Waals surface area contributed by atoms with E-state index in [1.165, 1.54) is 0 Å². The first-order chi connectivity index (χ1) is 8.56. The summed E-state index contributed by atoms with van der Waals surface area (Å²) >= 11 is 0. The van der Waals surface area contributed by atoms with Gasteiger partial charge in [-0.2, -0.15) is 0 Å². The molecule has 0 spiro atoms. The summed E-state index contributed by atoms with van der Waals surface area (Å²) in [5.41, 5.74) is 7.33. The molecule has 100 valence electrons. The van der Waals surface area contributed by atoms with Gasteiger partial charge in [0.15, 0.2) is 0 Å². The molecule has 1 aromatic carbocycles. The van der Waals surface area contributed by atoms with Gasteiger partial charge in [0.25, 0.3) is 0 Å². The number of nitrogens with zero attached hydrogens (tertiary/aromatic N) is 1. The second kappa shape index (κ2) is 6.98. The van der Waals surface area contributed by atoms with E-state index >= 15 is 0 Å². The van der Waals surface area contributed by atoms with E-state index in [9.17, 15) is 4.79 Å². The fourth-order valence-electron chi connectivity index (χ4n) is 1.52. The quantitative estimate of drug-likeness (QED) is 0.793. The normalized spacial score (nSPS) is 12.0. The fourth-order valence-corrected chi connectivity index (χ4v) is 1.52. The first-order valence-corrected chi connectivity index (χ1v) is 5.87. The minimum absolute atomic E-state index is 0.0927. The second-order valence-corrected chi connectivity index (χ2v) is 4.29. The minimum atomic E-state index is -0.231. The third-order valence-electron chi connectivity index (χ3n) is 2.68. The van der Waals surface area contributed by atoms with E-state index in [1.807, 2.05) is 43.3 Å². The number of nitrogens with two attached hydrogens (primary N) is 1. The Balaban J connectivity index is 2.54. The molecule has 0 saturated heterocycles. The van der Waals surface area contributed by atoms with Crippen LogP contribution in [-0.4, -0.2) is 39.8 Å². The van der Waals surface area contributed by atoms with Crippen LogP contribution in [0, 0.1) is 0 Å². The Labute approximate surface area is 108 Å². The van der Waals surface area contributed by atoms with E-state index < -0.39 is 0 Å². The SMILES string of the molecule is COC(CN)CC(=O)Nc1ccc(N(C)C)cc1. The van der Waals surface area contributed by atoms with Gasteiger partial charge < -0.3 is 20.7 Å². The van der Waals surface area contributed by atoms with Crippen LogP contribution in [0.4, 0.5) is 11.4 Å². The van der Waals surface area contributed by atoms with Crippen molar-refractivity contribution in [3.05, 3.63) is 24.3 Å². The van der Waals surface area contributed by atoms with Gasteiger partial charge >= 0.3 is 0 Å². The molecule has 0 aliphatic rings. The van der Waals surface area contributed by atoms with Crippen molar-refractivity contribution in [3.8, 4) is 0 Å². The number of rotatable bonds is 6. The van der Waals surface area contributed by atoms with Crippen LogP contribution in [0.15, 0.2) is 24.3 Å². The van der Waals surface area contributed by atoms with Gasteiger partial charge in [0.2, 0.25) is 5.91 Å². The van der Waals surface area contributed by atoms with Gasteiger partial charge in [-0.25, -0.2) is 0 Å². The van der Waals surface area contributed by atoms with Crippen LogP contribution in [0.2, 0.25) is 0 Å². The van der Waals surface area contributed by atoms with Gasteiger partial charge in [0.1, 0.15) is 0 Å². The molecular weight excluding hydrogens is 230 g/mol. The van der Waals surface area contributed by atoms with Crippen molar-refractivity contribution in [3.63, 3.8) is 0 Å². The molecule has 0 saturated carbocycles. The van der Waals surface area contributed by atoms with Crippen LogP contribution in [0.3, 0.4) is 0 Å². The molecule has 0 radical (unpaired) electrons. The average molecular weight is 251 g/mol. The molecule has 1 amide bonds. The lowest BCUT2D eigenvalue weighted by atomic mass is 10.2. The molecular formula is C13H21N3O2. The number of benzene rings is 1. The van der Waals surface area contributed by atoms with Gasteiger partial charge in [0, 0.05) is 39.1 Å². The van der Waals surface area contributed by atoms with Gasteiger partial charge in [0.05, 0.1) is 12.5 Å². The fraction of sp³-hybridized carbons (Fsp3) is 0.462. The molecule has 5 heteroatoms. The third kappa shape index (κ3) is 4.35. The number of nitrogens with one attached hydrogen (secondary N) is 1. The van der Waals surface area contributed by atoms with E-state index in [0.717, 1.165) is 11.4 Å². The summed E-state index contributed by atoms with van der Waals surface area (Å²) in [4.78, 5) is 13.7. The molecule has 1 rings (SSSR count). The van der Waals surface area contributed by atoms with Gasteiger partial charge in [-0.15, -0.1) is 0 Å². The Morgan fingerprint density at radius 2 is 2.00 bits per heavy atom. The van der Waals surface area contributed by atoms with Crippen LogP contribution in [-0.2, 0) is 9.53 Å². The van der Waals surface area contributed by atoms with Crippen molar-refractivity contribution >= 4 is 17.3 Å². The number of hydrogen-bond acceptors (Lipinski definition) is 4. The van der Waals surface area contributed by atoms with Gasteiger partial charge in [-0.1, -0.05) is 0 Å². The van der Waals surface area contributed by atoms with Crippen LogP contribution in [0.5, 0.6) is 0 Å². The Morgan fingerprint density at radius 1 is 1.39 bits per heavy atom. The predicted octanol–water partition coefficient (Wildman–Crippen LogP) is 1.05. The third-order valence-corrected chi connectivity index (χ3v) is 2.68. The van der Waals surface area contributed by atoms with Gasteiger partial charge in [-0.05, 0) is 24.3 Å². The van der Waals surface area contributed by atoms with E-state index in [4.69, 9.17) is 10.5 Å². The molecule has 0 aromatic heterocycles. The number of carbonyl (C=O) groups is 1. The molecule has 5 nitrogen and oxygen atoms in total. The second-order valence-electron chi connectivity index (χ2n) is 4.29. The largest absolute Gasteiger partial charge is 0.380 e. The number of methoxy groups -OCH3 is 1. The topological polar surface area (TPSA) is 67.6 Å². The number of anilines is 2. The molecule has 0 bridgehead atoms. The lowest BCUT2D eigenvalue weighted by Gasteiger charge is -2.14. The number of ether oxygens (including phenoxy) is 1. The molecule has 3 N–H and O–H groups in total. The highest BCUT2D eigenvalue weighted by Gasteiger charge is 2.11. The summed E-state index contributed by atoms with van der Waals surface area (Å²) < 4.78 is 5.07. The standard InChI is InChI=1S/C13H21N3O2/c1-16(2)11-6-4-10(5-7-11)15-13(17)8-12(9-14)18-3/h4-7,12H,8-9,14H2,1-3H3,(H,15,17). The van der Waals surface area contributed by atoms with Crippen molar-refractivity contribution in [2.45, 2.75) is 12.5 Å². The summed E-state index contributed by atoms with van der Waals surface area (Å²) in [5.74, 6) is -0.0927.